The molecule has 0 saturated heterocycles. The summed E-state index contributed by atoms with van der Waals surface area (Å²) in [6.07, 6.45) is 0.774. The molecule has 0 fully saturated rings. The highest BCUT2D eigenvalue weighted by Gasteiger charge is 2.00. The Bertz CT molecular complexity index is 280. The van der Waals surface area contributed by atoms with Crippen LogP contribution in [0.25, 0.3) is 0 Å². The van der Waals surface area contributed by atoms with E-state index in [4.69, 9.17) is 22.4 Å². The van der Waals surface area contributed by atoms with Gasteiger partial charge < -0.3 is 10.8 Å². The number of nitrogen functional groups attached to an aromatic ring is 1. The van der Waals surface area contributed by atoms with Crippen LogP contribution in [0.5, 0.6) is 0 Å². The van der Waals surface area contributed by atoms with E-state index in [1.54, 1.807) is 23.9 Å². The number of thioether (sulfide) groups is 1. The largest absolute Gasteiger partial charge is 0.398 e. The Morgan fingerprint density at radius 2 is 2.23 bits per heavy atom. The van der Waals surface area contributed by atoms with Crippen LogP contribution in [0.3, 0.4) is 0 Å². The van der Waals surface area contributed by atoms with E-state index in [1.807, 2.05) is 6.07 Å². The number of anilines is 1. The fourth-order valence-electron chi connectivity index (χ4n) is 0.880. The molecule has 0 aromatic heterocycles. The first-order chi connectivity index (χ1) is 6.24. The molecule has 0 saturated carbocycles. The van der Waals surface area contributed by atoms with Crippen molar-refractivity contribution in [1.29, 1.82) is 0 Å². The highest BCUT2D eigenvalue weighted by Crippen LogP contribution is 2.28. The number of hydrogen-bond donors (Lipinski definition) is 2. The van der Waals surface area contributed by atoms with Gasteiger partial charge >= 0.3 is 0 Å². The van der Waals surface area contributed by atoms with E-state index in [0.29, 0.717) is 5.02 Å². The van der Waals surface area contributed by atoms with Crippen LogP contribution in [-0.2, 0) is 0 Å². The van der Waals surface area contributed by atoms with Crippen LogP contribution in [0.1, 0.15) is 6.42 Å². The molecule has 1 aromatic carbocycles. The average molecular weight is 218 g/mol. The molecule has 13 heavy (non-hydrogen) atoms. The van der Waals surface area contributed by atoms with Crippen molar-refractivity contribution in [1.82, 2.24) is 0 Å². The number of rotatable bonds is 4. The molecule has 0 spiro atoms. The van der Waals surface area contributed by atoms with Gasteiger partial charge in [-0.1, -0.05) is 11.6 Å². The Balaban J connectivity index is 2.59. The van der Waals surface area contributed by atoms with Crippen LogP contribution in [0, 0.1) is 0 Å². The molecular weight excluding hydrogens is 206 g/mol. The van der Waals surface area contributed by atoms with Crippen LogP contribution >= 0.6 is 23.4 Å². The van der Waals surface area contributed by atoms with E-state index in [2.05, 4.69) is 0 Å². The third kappa shape index (κ3) is 3.46. The van der Waals surface area contributed by atoms with Gasteiger partial charge in [0.05, 0.1) is 0 Å². The molecule has 72 valence electrons. The van der Waals surface area contributed by atoms with Crippen molar-refractivity contribution in [2.45, 2.75) is 11.3 Å². The number of aliphatic hydroxyl groups excluding tert-OH is 1. The summed E-state index contributed by atoms with van der Waals surface area (Å²) < 4.78 is 0. The number of halogens is 1. The summed E-state index contributed by atoms with van der Waals surface area (Å²) in [6, 6.07) is 5.41. The van der Waals surface area contributed by atoms with Crippen LogP contribution in [0.2, 0.25) is 5.02 Å². The average Bonchev–Trinajstić information content (AvgIpc) is 2.11. The molecule has 2 nitrogen and oxygen atoms in total. The number of benzene rings is 1. The molecular formula is C9H12ClNOS. The Morgan fingerprint density at radius 3 is 2.92 bits per heavy atom. The van der Waals surface area contributed by atoms with Gasteiger partial charge in [-0.15, -0.1) is 11.8 Å². The minimum atomic E-state index is 0.216. The second-order valence-electron chi connectivity index (χ2n) is 2.61. The van der Waals surface area contributed by atoms with Crippen molar-refractivity contribution in [3.05, 3.63) is 23.2 Å². The molecule has 1 aromatic rings. The lowest BCUT2D eigenvalue weighted by molar-refractivity contribution is 0.296. The van der Waals surface area contributed by atoms with E-state index in [-0.39, 0.29) is 6.61 Å². The molecule has 0 bridgehead atoms. The zero-order valence-corrected chi connectivity index (χ0v) is 8.74. The SMILES string of the molecule is Nc1ccc(Cl)cc1SCCCO. The van der Waals surface area contributed by atoms with Crippen LogP contribution < -0.4 is 5.73 Å². The lowest BCUT2D eigenvalue weighted by Crippen LogP contribution is -1.90. The second-order valence-corrected chi connectivity index (χ2v) is 4.18. The predicted molar refractivity (Wildman–Crippen MR) is 58.3 cm³/mol. The summed E-state index contributed by atoms with van der Waals surface area (Å²) >= 11 is 7.43. The van der Waals surface area contributed by atoms with Gasteiger partial charge in [0.2, 0.25) is 0 Å². The van der Waals surface area contributed by atoms with E-state index in [9.17, 15) is 0 Å². The molecule has 0 aliphatic heterocycles. The van der Waals surface area contributed by atoms with Crippen LogP contribution in [0.4, 0.5) is 5.69 Å². The predicted octanol–water partition coefficient (Wildman–Crippen LogP) is 2.40. The molecule has 0 heterocycles. The van der Waals surface area contributed by atoms with Gasteiger partial charge in [0.15, 0.2) is 0 Å². The van der Waals surface area contributed by atoms with Gasteiger partial charge in [-0.2, -0.15) is 0 Å². The first kappa shape index (κ1) is 10.7. The standard InChI is InChI=1S/C9H12ClNOS/c10-7-2-3-8(11)9(6-7)13-5-1-4-12/h2-3,6,12H,1,4-5,11H2. The van der Waals surface area contributed by atoms with Crippen molar-refractivity contribution < 1.29 is 5.11 Å². The van der Waals surface area contributed by atoms with Crippen molar-refractivity contribution in [2.75, 3.05) is 18.1 Å². The van der Waals surface area contributed by atoms with E-state index in [0.717, 1.165) is 22.8 Å². The maximum absolute atomic E-state index is 8.60. The van der Waals surface area contributed by atoms with Crippen LogP contribution in [-0.4, -0.2) is 17.5 Å². The maximum Gasteiger partial charge on any atom is 0.0453 e. The summed E-state index contributed by atoms with van der Waals surface area (Å²) in [6.45, 7) is 0.216. The second kappa shape index (κ2) is 5.37. The van der Waals surface area contributed by atoms with E-state index >= 15 is 0 Å². The first-order valence-corrected chi connectivity index (χ1v) is 5.39. The minimum absolute atomic E-state index is 0.216. The van der Waals surface area contributed by atoms with Crippen molar-refractivity contribution in [3.8, 4) is 0 Å². The summed E-state index contributed by atoms with van der Waals surface area (Å²) in [4.78, 5) is 0.987. The van der Waals surface area contributed by atoms with Crippen LogP contribution in [0.15, 0.2) is 23.1 Å². The summed E-state index contributed by atoms with van der Waals surface area (Å²) in [5, 5.41) is 9.29. The molecule has 0 radical (unpaired) electrons. The van der Waals surface area contributed by atoms with Crippen molar-refractivity contribution >= 4 is 29.1 Å². The normalized spacial score (nSPS) is 10.3. The fraction of sp³-hybridized carbons (Fsp3) is 0.333. The molecule has 0 atom stereocenters. The van der Waals surface area contributed by atoms with Gasteiger partial charge in [-0.25, -0.2) is 0 Å². The van der Waals surface area contributed by atoms with Crippen molar-refractivity contribution in [3.63, 3.8) is 0 Å². The number of nitrogens with two attached hydrogens (primary N) is 1. The number of aliphatic hydroxyl groups is 1. The Morgan fingerprint density at radius 1 is 1.46 bits per heavy atom. The quantitative estimate of drug-likeness (QED) is 0.463. The molecule has 0 aliphatic carbocycles. The summed E-state index contributed by atoms with van der Waals surface area (Å²) in [7, 11) is 0. The lowest BCUT2D eigenvalue weighted by atomic mass is 10.3. The van der Waals surface area contributed by atoms with Gasteiger partial charge in [0, 0.05) is 28.0 Å². The van der Waals surface area contributed by atoms with Gasteiger partial charge in [0.1, 0.15) is 0 Å². The van der Waals surface area contributed by atoms with E-state index < -0.39 is 0 Å². The molecule has 4 heteroatoms. The molecule has 0 aliphatic rings. The first-order valence-electron chi connectivity index (χ1n) is 4.02. The van der Waals surface area contributed by atoms with E-state index in [1.165, 1.54) is 0 Å². The van der Waals surface area contributed by atoms with Gasteiger partial charge in [-0.05, 0) is 24.6 Å². The zero-order valence-electron chi connectivity index (χ0n) is 7.16. The molecule has 0 unspecified atom stereocenters. The highest BCUT2D eigenvalue weighted by atomic mass is 35.5. The molecule has 0 amide bonds. The van der Waals surface area contributed by atoms with Gasteiger partial charge in [0.25, 0.3) is 0 Å². The number of hydrogen-bond acceptors (Lipinski definition) is 3. The highest BCUT2D eigenvalue weighted by molar-refractivity contribution is 7.99. The van der Waals surface area contributed by atoms with Crippen molar-refractivity contribution in [2.24, 2.45) is 0 Å². The third-order valence-electron chi connectivity index (χ3n) is 1.54. The Hall–Kier alpha value is -0.380. The zero-order chi connectivity index (χ0) is 9.68. The lowest BCUT2D eigenvalue weighted by Gasteiger charge is -2.04. The fourth-order valence-corrected chi connectivity index (χ4v) is 2.06. The third-order valence-corrected chi connectivity index (χ3v) is 2.93. The summed E-state index contributed by atoms with van der Waals surface area (Å²) in [5.41, 5.74) is 6.47. The van der Waals surface area contributed by atoms with Gasteiger partial charge in [-0.3, -0.25) is 0 Å². The minimum Gasteiger partial charge on any atom is -0.398 e. The monoisotopic (exact) mass is 217 g/mol. The topological polar surface area (TPSA) is 46.2 Å². The Kier molecular flexibility index (Phi) is 4.42. The summed E-state index contributed by atoms with van der Waals surface area (Å²) in [5.74, 6) is 0.862. The molecule has 3 N–H and O–H groups in total. The molecule has 1 rings (SSSR count). The Labute approximate surface area is 87.1 Å². The smallest absolute Gasteiger partial charge is 0.0453 e. The maximum atomic E-state index is 8.60.